The largest absolute Gasteiger partial charge is 0.350 e. The third-order valence-electron chi connectivity index (χ3n) is 4.72. The van der Waals surface area contributed by atoms with E-state index in [1.165, 1.54) is 0 Å². The molecule has 4 aromatic rings. The molecule has 146 valence electrons. The molecule has 0 fully saturated rings. The summed E-state index contributed by atoms with van der Waals surface area (Å²) < 4.78 is 0. The minimum absolute atomic E-state index is 0.206. The van der Waals surface area contributed by atoms with Crippen LogP contribution < -0.4 is 10.6 Å². The molecule has 0 spiro atoms. The zero-order valence-corrected chi connectivity index (χ0v) is 16.1. The van der Waals surface area contributed by atoms with Gasteiger partial charge in [-0.3, -0.25) is 9.59 Å². The highest BCUT2D eigenvalue weighted by Gasteiger charge is 2.10. The van der Waals surface area contributed by atoms with Crippen molar-refractivity contribution in [3.05, 3.63) is 65.2 Å². The molecule has 0 aliphatic heterocycles. The smallest absolute Gasteiger partial charge is 0.251 e. The quantitative estimate of drug-likeness (QED) is 0.454. The number of aryl methyl sites for hydroxylation is 2. The fourth-order valence-electron chi connectivity index (χ4n) is 3.00. The topological polar surface area (TPSA) is 113 Å². The van der Waals surface area contributed by atoms with Gasteiger partial charge in [0.1, 0.15) is 0 Å². The molecular weight excluding hydrogens is 368 g/mol. The molecule has 2 heterocycles. The summed E-state index contributed by atoms with van der Waals surface area (Å²) in [7, 11) is 0. The van der Waals surface area contributed by atoms with Crippen molar-refractivity contribution in [1.29, 1.82) is 0 Å². The zero-order chi connectivity index (χ0) is 20.4. The number of hydrogen-bond donors (Lipinski definition) is 3. The number of fused-ring (bicyclic) bond motifs is 2. The first-order valence-corrected chi connectivity index (χ1v) is 9.26. The average Bonchev–Trinajstić information content (AvgIpc) is 3.19. The standard InChI is InChI=1S/C21H20N6O2/c1-12-13(2)27-19-10-15(4-6-17(19)26-12)21(29)23-8-7-22-20(28)14-3-5-16-18(9-14)25-11-24-16/h3-6,9-11H,7-8H2,1-2H3,(H,22,28)(H,23,29)(H,24,25). The summed E-state index contributed by atoms with van der Waals surface area (Å²) in [6.45, 7) is 4.43. The predicted octanol–water partition coefficient (Wildman–Crippen LogP) is 2.28. The minimum atomic E-state index is -0.222. The molecule has 0 bridgehead atoms. The maximum Gasteiger partial charge on any atom is 0.251 e. The van der Waals surface area contributed by atoms with Crippen LogP contribution in [-0.2, 0) is 0 Å². The Bertz CT molecular complexity index is 1230. The van der Waals surface area contributed by atoms with Gasteiger partial charge >= 0.3 is 0 Å². The van der Waals surface area contributed by atoms with E-state index in [0.717, 1.165) is 27.9 Å². The molecule has 0 aliphatic rings. The number of hydrogen-bond acceptors (Lipinski definition) is 5. The number of carbonyl (C=O) groups excluding carboxylic acids is 2. The van der Waals surface area contributed by atoms with Gasteiger partial charge in [-0.15, -0.1) is 0 Å². The van der Waals surface area contributed by atoms with Crippen LogP contribution in [0, 0.1) is 13.8 Å². The van der Waals surface area contributed by atoms with Crippen LogP contribution in [0.3, 0.4) is 0 Å². The summed E-state index contributed by atoms with van der Waals surface area (Å²) in [6.07, 6.45) is 1.59. The highest BCUT2D eigenvalue weighted by Crippen LogP contribution is 2.14. The Morgan fingerprint density at radius 1 is 0.828 bits per heavy atom. The third-order valence-corrected chi connectivity index (χ3v) is 4.72. The van der Waals surface area contributed by atoms with E-state index >= 15 is 0 Å². The Balaban J connectivity index is 1.33. The summed E-state index contributed by atoms with van der Waals surface area (Å²) in [6, 6.07) is 10.5. The van der Waals surface area contributed by atoms with Gasteiger partial charge in [0.25, 0.3) is 11.8 Å². The van der Waals surface area contributed by atoms with Crippen molar-refractivity contribution in [3.8, 4) is 0 Å². The van der Waals surface area contributed by atoms with Crippen molar-refractivity contribution >= 4 is 33.9 Å². The molecule has 4 rings (SSSR count). The summed E-state index contributed by atoms with van der Waals surface area (Å²) in [5.41, 5.74) is 5.80. The van der Waals surface area contributed by atoms with E-state index in [0.29, 0.717) is 29.7 Å². The van der Waals surface area contributed by atoms with E-state index in [1.807, 2.05) is 13.8 Å². The van der Waals surface area contributed by atoms with Crippen LogP contribution in [0.1, 0.15) is 32.1 Å². The first kappa shape index (κ1) is 18.5. The molecule has 0 saturated heterocycles. The number of aromatic amines is 1. The van der Waals surface area contributed by atoms with Gasteiger partial charge in [0.15, 0.2) is 0 Å². The van der Waals surface area contributed by atoms with Crippen molar-refractivity contribution in [3.63, 3.8) is 0 Å². The van der Waals surface area contributed by atoms with Crippen LogP contribution in [0.2, 0.25) is 0 Å². The Labute approximate surface area is 166 Å². The number of rotatable bonds is 5. The van der Waals surface area contributed by atoms with E-state index in [9.17, 15) is 9.59 Å². The van der Waals surface area contributed by atoms with Crippen LogP contribution >= 0.6 is 0 Å². The van der Waals surface area contributed by atoms with Crippen molar-refractivity contribution in [1.82, 2.24) is 30.6 Å². The number of carbonyl (C=O) groups is 2. The number of aromatic nitrogens is 4. The van der Waals surface area contributed by atoms with Gasteiger partial charge in [0, 0.05) is 24.2 Å². The second kappa shape index (κ2) is 7.67. The maximum absolute atomic E-state index is 12.4. The lowest BCUT2D eigenvalue weighted by Crippen LogP contribution is -2.34. The van der Waals surface area contributed by atoms with Crippen LogP contribution in [0.15, 0.2) is 42.7 Å². The van der Waals surface area contributed by atoms with E-state index in [2.05, 4.69) is 30.6 Å². The number of imidazole rings is 1. The third kappa shape index (κ3) is 3.91. The van der Waals surface area contributed by atoms with E-state index < -0.39 is 0 Å². The van der Waals surface area contributed by atoms with Crippen molar-refractivity contribution in [2.45, 2.75) is 13.8 Å². The molecular formula is C21H20N6O2. The minimum Gasteiger partial charge on any atom is -0.350 e. The number of nitrogens with zero attached hydrogens (tertiary/aromatic N) is 3. The first-order chi connectivity index (χ1) is 14.0. The molecule has 0 unspecified atom stereocenters. The Morgan fingerprint density at radius 2 is 1.41 bits per heavy atom. The van der Waals surface area contributed by atoms with Crippen molar-refractivity contribution in [2.75, 3.05) is 13.1 Å². The molecule has 0 saturated carbocycles. The Hall–Kier alpha value is -3.81. The zero-order valence-electron chi connectivity index (χ0n) is 16.1. The summed E-state index contributed by atoms with van der Waals surface area (Å²) >= 11 is 0. The highest BCUT2D eigenvalue weighted by atomic mass is 16.2. The number of amides is 2. The maximum atomic E-state index is 12.4. The van der Waals surface area contributed by atoms with Gasteiger partial charge in [-0.1, -0.05) is 0 Å². The average molecular weight is 388 g/mol. The monoisotopic (exact) mass is 388 g/mol. The summed E-state index contributed by atoms with van der Waals surface area (Å²) in [5, 5.41) is 5.60. The number of benzene rings is 2. The summed E-state index contributed by atoms with van der Waals surface area (Å²) in [5.74, 6) is -0.428. The van der Waals surface area contributed by atoms with Gasteiger partial charge in [-0.2, -0.15) is 0 Å². The molecule has 8 nitrogen and oxygen atoms in total. The predicted molar refractivity (Wildman–Crippen MR) is 110 cm³/mol. The molecule has 0 radical (unpaired) electrons. The number of H-pyrrole nitrogens is 1. The van der Waals surface area contributed by atoms with Crippen LogP contribution in [0.4, 0.5) is 0 Å². The normalized spacial score (nSPS) is 11.0. The molecule has 3 N–H and O–H groups in total. The fourth-order valence-corrected chi connectivity index (χ4v) is 3.00. The van der Waals surface area contributed by atoms with Crippen LogP contribution in [-0.4, -0.2) is 44.8 Å². The van der Waals surface area contributed by atoms with Crippen molar-refractivity contribution in [2.24, 2.45) is 0 Å². The van der Waals surface area contributed by atoms with Gasteiger partial charge in [-0.25, -0.2) is 15.0 Å². The van der Waals surface area contributed by atoms with Crippen LogP contribution in [0.25, 0.3) is 22.1 Å². The first-order valence-electron chi connectivity index (χ1n) is 9.26. The molecule has 2 aromatic carbocycles. The fraction of sp³-hybridized carbons (Fsp3) is 0.190. The highest BCUT2D eigenvalue weighted by molar-refractivity contribution is 5.98. The number of nitrogens with one attached hydrogen (secondary N) is 3. The van der Waals surface area contributed by atoms with Gasteiger partial charge in [0.05, 0.1) is 39.8 Å². The Morgan fingerprint density at radius 3 is 2.10 bits per heavy atom. The van der Waals surface area contributed by atoms with Crippen molar-refractivity contribution < 1.29 is 9.59 Å². The van der Waals surface area contributed by atoms with Crippen LogP contribution in [0.5, 0.6) is 0 Å². The lowest BCUT2D eigenvalue weighted by atomic mass is 10.1. The van der Waals surface area contributed by atoms with E-state index in [4.69, 9.17) is 0 Å². The molecule has 8 heteroatoms. The lowest BCUT2D eigenvalue weighted by molar-refractivity contribution is 0.0928. The molecule has 2 amide bonds. The summed E-state index contributed by atoms with van der Waals surface area (Å²) in [4.78, 5) is 40.7. The molecule has 0 atom stereocenters. The molecule has 2 aromatic heterocycles. The molecule has 0 aliphatic carbocycles. The van der Waals surface area contributed by atoms with Gasteiger partial charge in [-0.05, 0) is 50.2 Å². The second-order valence-corrected chi connectivity index (χ2v) is 6.74. The van der Waals surface area contributed by atoms with E-state index in [-0.39, 0.29) is 11.8 Å². The SMILES string of the molecule is Cc1nc2ccc(C(=O)NCCNC(=O)c3ccc4nc[nH]c4c3)cc2nc1C. The second-order valence-electron chi connectivity index (χ2n) is 6.74. The molecule has 29 heavy (non-hydrogen) atoms. The Kier molecular flexibility index (Phi) is 4.90. The van der Waals surface area contributed by atoms with Gasteiger partial charge < -0.3 is 15.6 Å². The lowest BCUT2D eigenvalue weighted by Gasteiger charge is -2.08. The van der Waals surface area contributed by atoms with E-state index in [1.54, 1.807) is 42.7 Å². The van der Waals surface area contributed by atoms with Gasteiger partial charge in [0.2, 0.25) is 0 Å².